The smallest absolute Gasteiger partial charge is 0.229 e. The molecule has 21 heavy (non-hydrogen) atoms. The van der Waals surface area contributed by atoms with Crippen molar-refractivity contribution >= 4 is 28.9 Å². The molecule has 5 nitrogen and oxygen atoms in total. The van der Waals surface area contributed by atoms with Gasteiger partial charge in [-0.3, -0.25) is 4.79 Å². The van der Waals surface area contributed by atoms with E-state index in [1.165, 1.54) is 0 Å². The van der Waals surface area contributed by atoms with E-state index >= 15 is 0 Å². The summed E-state index contributed by atoms with van der Waals surface area (Å²) in [5.74, 6) is 0.866. The Morgan fingerprint density at radius 2 is 2.19 bits per heavy atom. The number of benzene rings is 1. The van der Waals surface area contributed by atoms with Gasteiger partial charge in [-0.1, -0.05) is 6.07 Å². The molecule has 1 aromatic rings. The minimum atomic E-state index is -0.00313. The number of hydrogen-bond acceptors (Lipinski definition) is 4. The van der Waals surface area contributed by atoms with Gasteiger partial charge in [-0.15, -0.1) is 0 Å². The van der Waals surface area contributed by atoms with Gasteiger partial charge in [0.15, 0.2) is 5.11 Å². The quantitative estimate of drug-likeness (QED) is 0.598. The van der Waals surface area contributed by atoms with Gasteiger partial charge in [-0.25, -0.2) is 0 Å². The molecule has 0 aromatic heterocycles. The summed E-state index contributed by atoms with van der Waals surface area (Å²) in [7, 11) is 0. The van der Waals surface area contributed by atoms with E-state index in [9.17, 15) is 4.79 Å². The fourth-order valence-electron chi connectivity index (χ4n) is 1.75. The SMILES string of the molecule is CCOCCOc1cccc(NC(=S)NC(=O)C2CC2)c1. The average Bonchev–Trinajstić information content (AvgIpc) is 3.28. The number of amides is 1. The maximum absolute atomic E-state index is 11.6. The number of hydrogen-bond donors (Lipinski definition) is 2. The molecule has 1 amide bonds. The second kappa shape index (κ2) is 7.95. The van der Waals surface area contributed by atoms with Crippen LogP contribution >= 0.6 is 12.2 Å². The molecule has 0 unspecified atom stereocenters. The van der Waals surface area contributed by atoms with Gasteiger partial charge in [0.2, 0.25) is 5.91 Å². The van der Waals surface area contributed by atoms with Crippen molar-refractivity contribution in [1.82, 2.24) is 5.32 Å². The Morgan fingerprint density at radius 1 is 1.38 bits per heavy atom. The van der Waals surface area contributed by atoms with Crippen molar-refractivity contribution in [2.24, 2.45) is 5.92 Å². The highest BCUT2D eigenvalue weighted by Crippen LogP contribution is 2.28. The van der Waals surface area contributed by atoms with Gasteiger partial charge in [-0.2, -0.15) is 0 Å². The first-order chi connectivity index (χ1) is 10.2. The van der Waals surface area contributed by atoms with Crippen LogP contribution in [0.15, 0.2) is 24.3 Å². The first kappa shape index (κ1) is 15.7. The highest BCUT2D eigenvalue weighted by Gasteiger charge is 2.29. The van der Waals surface area contributed by atoms with Crippen molar-refractivity contribution in [2.45, 2.75) is 19.8 Å². The van der Waals surface area contributed by atoms with E-state index < -0.39 is 0 Å². The Labute approximate surface area is 130 Å². The van der Waals surface area contributed by atoms with E-state index in [0.717, 1.165) is 24.3 Å². The van der Waals surface area contributed by atoms with Crippen LogP contribution in [0, 0.1) is 5.92 Å². The second-order valence-electron chi connectivity index (χ2n) is 4.79. The lowest BCUT2D eigenvalue weighted by atomic mass is 10.3. The van der Waals surface area contributed by atoms with E-state index in [4.69, 9.17) is 21.7 Å². The minimum Gasteiger partial charge on any atom is -0.491 e. The van der Waals surface area contributed by atoms with Crippen LogP contribution in [0.1, 0.15) is 19.8 Å². The van der Waals surface area contributed by atoms with E-state index in [2.05, 4.69) is 10.6 Å². The fourth-order valence-corrected chi connectivity index (χ4v) is 1.97. The second-order valence-corrected chi connectivity index (χ2v) is 5.20. The first-order valence-corrected chi connectivity index (χ1v) is 7.52. The molecule has 0 spiro atoms. The number of nitrogens with one attached hydrogen (secondary N) is 2. The zero-order valence-electron chi connectivity index (χ0n) is 12.1. The zero-order valence-corrected chi connectivity index (χ0v) is 12.9. The third-order valence-electron chi connectivity index (χ3n) is 2.98. The molecule has 6 heteroatoms. The van der Waals surface area contributed by atoms with Crippen molar-refractivity contribution in [1.29, 1.82) is 0 Å². The largest absolute Gasteiger partial charge is 0.491 e. The Hall–Kier alpha value is -1.66. The minimum absolute atomic E-state index is 0.00313. The van der Waals surface area contributed by atoms with Crippen molar-refractivity contribution in [3.05, 3.63) is 24.3 Å². The maximum Gasteiger partial charge on any atom is 0.229 e. The van der Waals surface area contributed by atoms with Crippen LogP contribution in [0.5, 0.6) is 5.75 Å². The molecule has 2 N–H and O–H groups in total. The maximum atomic E-state index is 11.6. The molecule has 0 radical (unpaired) electrons. The summed E-state index contributed by atoms with van der Waals surface area (Å²) in [6, 6.07) is 7.43. The molecule has 1 saturated carbocycles. The molecular formula is C15H20N2O3S. The third-order valence-corrected chi connectivity index (χ3v) is 3.18. The van der Waals surface area contributed by atoms with Crippen LogP contribution in [-0.2, 0) is 9.53 Å². The van der Waals surface area contributed by atoms with E-state index in [1.54, 1.807) is 0 Å². The Kier molecular flexibility index (Phi) is 5.95. The van der Waals surface area contributed by atoms with Gasteiger partial charge in [0.05, 0.1) is 6.61 Å². The van der Waals surface area contributed by atoms with Gasteiger partial charge < -0.3 is 20.1 Å². The summed E-state index contributed by atoms with van der Waals surface area (Å²) in [6.45, 7) is 3.69. The fraction of sp³-hybridized carbons (Fsp3) is 0.467. The molecule has 0 heterocycles. The van der Waals surface area contributed by atoms with Crippen LogP contribution in [-0.4, -0.2) is 30.8 Å². The lowest BCUT2D eigenvalue weighted by Crippen LogP contribution is -2.35. The summed E-state index contributed by atoms with van der Waals surface area (Å²) in [6.07, 6.45) is 1.91. The van der Waals surface area contributed by atoms with Crippen LogP contribution in [0.2, 0.25) is 0 Å². The lowest BCUT2D eigenvalue weighted by Gasteiger charge is -2.11. The van der Waals surface area contributed by atoms with Gasteiger partial charge in [-0.05, 0) is 44.1 Å². The zero-order chi connectivity index (χ0) is 15.1. The van der Waals surface area contributed by atoms with Crippen LogP contribution in [0.3, 0.4) is 0 Å². The number of carbonyl (C=O) groups excluding carboxylic acids is 1. The van der Waals surface area contributed by atoms with Crippen molar-refractivity contribution in [3.8, 4) is 5.75 Å². The van der Waals surface area contributed by atoms with Gasteiger partial charge >= 0.3 is 0 Å². The number of ether oxygens (including phenoxy) is 2. The molecule has 1 fully saturated rings. The Balaban J connectivity index is 1.79. The third kappa shape index (κ3) is 5.69. The van der Waals surface area contributed by atoms with Crippen molar-refractivity contribution in [3.63, 3.8) is 0 Å². The molecule has 114 valence electrons. The lowest BCUT2D eigenvalue weighted by molar-refractivity contribution is -0.120. The highest BCUT2D eigenvalue weighted by atomic mass is 32.1. The van der Waals surface area contributed by atoms with Gasteiger partial charge in [0.25, 0.3) is 0 Å². The molecule has 0 aliphatic heterocycles. The molecule has 0 bridgehead atoms. The number of thiocarbonyl (C=S) groups is 1. The summed E-state index contributed by atoms with van der Waals surface area (Å²) < 4.78 is 10.8. The standard InChI is InChI=1S/C15H20N2O3S/c1-2-19-8-9-20-13-5-3-4-12(10-13)16-15(21)17-14(18)11-6-7-11/h3-5,10-11H,2,6-9H2,1H3,(H2,16,17,18,21). The average molecular weight is 308 g/mol. The predicted octanol–water partition coefficient (Wildman–Crippen LogP) is 2.32. The van der Waals surface area contributed by atoms with E-state index in [0.29, 0.717) is 24.9 Å². The Morgan fingerprint density at radius 3 is 2.90 bits per heavy atom. The van der Waals surface area contributed by atoms with Crippen LogP contribution in [0.25, 0.3) is 0 Å². The molecule has 1 aliphatic carbocycles. The Bertz CT molecular complexity index is 503. The highest BCUT2D eigenvalue weighted by molar-refractivity contribution is 7.80. The van der Waals surface area contributed by atoms with Crippen molar-refractivity contribution < 1.29 is 14.3 Å². The molecule has 1 aromatic carbocycles. The van der Waals surface area contributed by atoms with E-state index in [-0.39, 0.29) is 11.8 Å². The van der Waals surface area contributed by atoms with Gasteiger partial charge in [0.1, 0.15) is 12.4 Å². The number of carbonyl (C=O) groups is 1. The van der Waals surface area contributed by atoms with Crippen LogP contribution < -0.4 is 15.4 Å². The first-order valence-electron chi connectivity index (χ1n) is 7.11. The topological polar surface area (TPSA) is 59.6 Å². The summed E-state index contributed by atoms with van der Waals surface area (Å²) in [5.41, 5.74) is 0.782. The molecule has 0 saturated heterocycles. The molecule has 1 aliphatic rings. The molecular weight excluding hydrogens is 288 g/mol. The summed E-state index contributed by atoms with van der Waals surface area (Å²) >= 11 is 5.12. The monoisotopic (exact) mass is 308 g/mol. The van der Waals surface area contributed by atoms with Gasteiger partial charge in [0, 0.05) is 24.3 Å². The van der Waals surface area contributed by atoms with E-state index in [1.807, 2.05) is 31.2 Å². The summed E-state index contributed by atoms with van der Waals surface area (Å²) in [4.78, 5) is 11.6. The van der Waals surface area contributed by atoms with Crippen LogP contribution in [0.4, 0.5) is 5.69 Å². The predicted molar refractivity (Wildman–Crippen MR) is 85.5 cm³/mol. The normalized spacial score (nSPS) is 13.6. The molecule has 0 atom stereocenters. The number of anilines is 1. The van der Waals surface area contributed by atoms with Crippen molar-refractivity contribution in [2.75, 3.05) is 25.1 Å². The number of rotatable bonds is 7. The molecule has 2 rings (SSSR count). The summed E-state index contributed by atoms with van der Waals surface area (Å²) in [5, 5.41) is 5.99.